The summed E-state index contributed by atoms with van der Waals surface area (Å²) in [6.45, 7) is 12.0. The number of aliphatic carboxylic acids is 1. The van der Waals surface area contributed by atoms with Crippen molar-refractivity contribution in [2.75, 3.05) is 0 Å². The fourth-order valence-electron chi connectivity index (χ4n) is 11.0. The van der Waals surface area contributed by atoms with Crippen LogP contribution in [0.2, 0.25) is 0 Å². The molecule has 0 radical (unpaired) electrons. The van der Waals surface area contributed by atoms with Crippen molar-refractivity contribution in [3.63, 3.8) is 0 Å². The molecule has 49 heavy (non-hydrogen) atoms. The molecule has 3 unspecified atom stereocenters. The van der Waals surface area contributed by atoms with Crippen LogP contribution in [0.15, 0.2) is 11.6 Å². The van der Waals surface area contributed by atoms with Crippen molar-refractivity contribution < 1.29 is 66.8 Å². The van der Waals surface area contributed by atoms with Crippen LogP contribution in [0.5, 0.6) is 0 Å². The Labute approximate surface area is 287 Å². The zero-order chi connectivity index (χ0) is 36.2. The van der Waals surface area contributed by atoms with Crippen LogP contribution < -0.4 is 0 Å². The second kappa shape index (κ2) is 12.7. The molecule has 0 amide bonds. The van der Waals surface area contributed by atoms with Gasteiger partial charge in [-0.1, -0.05) is 46.3 Å². The van der Waals surface area contributed by atoms with E-state index in [2.05, 4.69) is 19.9 Å². The molecule has 0 aromatic heterocycles. The zero-order valence-corrected chi connectivity index (χ0v) is 29.8. The van der Waals surface area contributed by atoms with E-state index in [1.54, 1.807) is 6.92 Å². The average molecular weight is 719 g/mol. The molecule has 2 saturated heterocycles. The molecule has 3 saturated carbocycles. The van der Waals surface area contributed by atoms with Gasteiger partial charge in [0.15, 0.2) is 12.4 Å². The number of allylic oxidation sites excluding steroid dienone is 2. The number of ether oxygens (including phenoxy) is 3. The number of rotatable bonds is 8. The number of carboxylic acids is 1. The minimum atomic E-state index is -4.87. The summed E-state index contributed by atoms with van der Waals surface area (Å²) in [6.07, 6.45) is -7.38. The summed E-state index contributed by atoms with van der Waals surface area (Å²) in [6, 6.07) is 0. The van der Waals surface area contributed by atoms with Gasteiger partial charge in [-0.25, -0.2) is 8.98 Å². The van der Waals surface area contributed by atoms with Gasteiger partial charge in [0.2, 0.25) is 0 Å². The Morgan fingerprint density at radius 1 is 1.00 bits per heavy atom. The Morgan fingerprint density at radius 3 is 2.29 bits per heavy atom. The van der Waals surface area contributed by atoms with E-state index in [9.17, 15) is 48.4 Å². The van der Waals surface area contributed by atoms with Gasteiger partial charge in [-0.05, 0) is 85.9 Å². The van der Waals surface area contributed by atoms with Crippen molar-refractivity contribution in [3.8, 4) is 0 Å². The van der Waals surface area contributed by atoms with E-state index in [1.165, 1.54) is 0 Å². The molecular formula is C34H54O14S. The van der Waals surface area contributed by atoms with Crippen LogP contribution in [-0.2, 0) is 33.6 Å². The normalized spacial score (nSPS) is 50.9. The van der Waals surface area contributed by atoms with E-state index < -0.39 is 93.8 Å². The molecule has 18 atom stereocenters. The predicted molar refractivity (Wildman–Crippen MR) is 171 cm³/mol. The van der Waals surface area contributed by atoms with E-state index in [1.807, 2.05) is 20.8 Å². The van der Waals surface area contributed by atoms with Crippen LogP contribution in [0, 0.1) is 46.3 Å². The van der Waals surface area contributed by atoms with E-state index >= 15 is 0 Å². The lowest BCUT2D eigenvalue weighted by molar-refractivity contribution is -0.309. The fraction of sp³-hybridized carbons (Fsp3) is 0.912. The highest BCUT2D eigenvalue weighted by Crippen LogP contribution is 2.69. The van der Waals surface area contributed by atoms with Crippen molar-refractivity contribution in [1.29, 1.82) is 0 Å². The third-order valence-electron chi connectivity index (χ3n) is 13.8. The van der Waals surface area contributed by atoms with Gasteiger partial charge in [-0.2, -0.15) is 8.42 Å². The molecule has 7 N–H and O–H groups in total. The predicted octanol–water partition coefficient (Wildman–Crippen LogP) is 1.42. The van der Waals surface area contributed by atoms with Crippen LogP contribution in [0.3, 0.4) is 0 Å². The number of carboxylic acid groups (broad SMARTS) is 1. The van der Waals surface area contributed by atoms with Crippen LogP contribution in [0.25, 0.3) is 0 Å². The smallest absolute Gasteiger partial charge is 0.397 e. The van der Waals surface area contributed by atoms with Gasteiger partial charge >= 0.3 is 16.4 Å². The summed E-state index contributed by atoms with van der Waals surface area (Å²) < 4.78 is 57.7. The monoisotopic (exact) mass is 718 g/mol. The third-order valence-corrected chi connectivity index (χ3v) is 14.3. The van der Waals surface area contributed by atoms with Crippen molar-refractivity contribution in [1.82, 2.24) is 0 Å². The first-order chi connectivity index (χ1) is 22.6. The Hall–Kier alpha value is -1.24. The Bertz CT molecular complexity index is 1420. The molecule has 6 aliphatic rings. The van der Waals surface area contributed by atoms with Gasteiger partial charge in [0.1, 0.15) is 24.4 Å². The number of fused-ring (bicyclic) bond motifs is 7. The molecular weight excluding hydrogens is 664 g/mol. The van der Waals surface area contributed by atoms with Gasteiger partial charge < -0.3 is 44.8 Å². The number of hydrogen-bond acceptors (Lipinski definition) is 12. The number of aliphatic hydroxyl groups excluding tert-OH is 4. The average Bonchev–Trinajstić information content (AvgIpc) is 3.46. The maximum Gasteiger partial charge on any atom is 0.397 e. The van der Waals surface area contributed by atoms with Crippen molar-refractivity contribution in [3.05, 3.63) is 11.6 Å². The molecule has 2 heterocycles. The zero-order valence-electron chi connectivity index (χ0n) is 29.0. The number of hydrogen-bond donors (Lipinski definition) is 7. The summed E-state index contributed by atoms with van der Waals surface area (Å²) in [4.78, 5) is 11.6. The number of aliphatic hydroxyl groups is 5. The molecule has 14 nitrogen and oxygen atoms in total. The molecule has 0 bridgehead atoms. The minimum Gasteiger partial charge on any atom is -0.479 e. The SMILES string of the molecule is CC(C)[C@@H](C)[C@H](O)[C@@H]1O[C@H]2CC3C4C[C@H](OS(=O)(=O)O)C5C[C@@H](O[C@@H]6O[C@H](C(=O)O)[C@@H](O)[C@H](O)[C@H]6O)CC[C@]5(C)C4=CC[C@]3(C)[C@H]2[C@@]1(C)O. The second-order valence-electron chi connectivity index (χ2n) is 16.8. The molecule has 280 valence electrons. The first-order valence-electron chi connectivity index (χ1n) is 17.6. The van der Waals surface area contributed by atoms with E-state index in [0.717, 1.165) is 5.57 Å². The largest absolute Gasteiger partial charge is 0.479 e. The Morgan fingerprint density at radius 2 is 1.67 bits per heavy atom. The van der Waals surface area contributed by atoms with Crippen LogP contribution in [-0.4, -0.2) is 116 Å². The molecule has 0 aromatic carbocycles. The first-order valence-corrected chi connectivity index (χ1v) is 19.0. The minimum absolute atomic E-state index is 0.000452. The fourth-order valence-corrected chi connectivity index (χ4v) is 11.5. The lowest BCUT2D eigenvalue weighted by atomic mass is 9.47. The lowest BCUT2D eigenvalue weighted by Crippen LogP contribution is -2.61. The van der Waals surface area contributed by atoms with Crippen LogP contribution in [0.4, 0.5) is 0 Å². The molecule has 4 aliphatic carbocycles. The van der Waals surface area contributed by atoms with Gasteiger partial charge in [-0.15, -0.1) is 0 Å². The maximum atomic E-state index is 12.2. The van der Waals surface area contributed by atoms with Gasteiger partial charge in [-0.3, -0.25) is 4.55 Å². The van der Waals surface area contributed by atoms with Gasteiger partial charge in [0, 0.05) is 5.92 Å². The van der Waals surface area contributed by atoms with E-state index in [0.29, 0.717) is 25.7 Å². The Kier molecular flexibility index (Phi) is 9.73. The van der Waals surface area contributed by atoms with Gasteiger partial charge in [0.05, 0.1) is 30.0 Å². The summed E-state index contributed by atoms with van der Waals surface area (Å²) in [5.74, 6) is -2.31. The first kappa shape index (κ1) is 37.5. The quantitative estimate of drug-likeness (QED) is 0.107. The molecule has 15 heteroatoms. The highest BCUT2D eigenvalue weighted by Gasteiger charge is 2.70. The topological polar surface area (TPSA) is 230 Å². The molecule has 6 rings (SSSR count). The highest BCUT2D eigenvalue weighted by atomic mass is 32.3. The second-order valence-corrected chi connectivity index (χ2v) is 17.8. The highest BCUT2D eigenvalue weighted by molar-refractivity contribution is 7.80. The third kappa shape index (κ3) is 6.12. The summed E-state index contributed by atoms with van der Waals surface area (Å²) in [5.41, 5.74) is -1.14. The van der Waals surface area contributed by atoms with Crippen LogP contribution in [0.1, 0.15) is 80.1 Å². The van der Waals surface area contributed by atoms with Crippen molar-refractivity contribution >= 4 is 16.4 Å². The molecule has 0 spiro atoms. The number of carbonyl (C=O) groups is 1. The van der Waals surface area contributed by atoms with E-state index in [4.69, 9.17) is 18.4 Å². The lowest BCUT2D eigenvalue weighted by Gasteiger charge is -2.59. The summed E-state index contributed by atoms with van der Waals surface area (Å²) >= 11 is 0. The summed E-state index contributed by atoms with van der Waals surface area (Å²) in [5, 5.41) is 63.7. The maximum absolute atomic E-state index is 12.2. The standard InChI is InChI=1S/C34H54O14S/c1-14(2)15(3)23(35)29-34(6,41)28-22(46-29)13-19-17-12-21(48-49(42,43)44)20-11-16(7-9-32(20,4)18(17)8-10-33(19,28)5)45-31-26(38)24(36)25(37)27(47-31)30(39)40/h8,14-17,19-29,31,35-38,41H,7,9-13H2,1-6H3,(H,39,40)(H,42,43,44)/t15-,16+,17?,19?,20?,21+,22+,23+,24+,25+,26-,27+,28+,29+,31-,32-,33+,34-/m1/s1. The van der Waals surface area contributed by atoms with Crippen molar-refractivity contribution in [2.45, 2.75) is 147 Å². The van der Waals surface area contributed by atoms with Crippen molar-refractivity contribution in [2.24, 2.45) is 46.3 Å². The van der Waals surface area contributed by atoms with Crippen LogP contribution >= 0.6 is 0 Å². The Balaban J connectivity index is 1.27. The molecule has 0 aromatic rings. The molecule has 5 fully saturated rings. The summed E-state index contributed by atoms with van der Waals surface area (Å²) in [7, 11) is -4.87. The molecule has 2 aliphatic heterocycles. The van der Waals surface area contributed by atoms with Gasteiger partial charge in [0.25, 0.3) is 0 Å². The van der Waals surface area contributed by atoms with E-state index in [-0.39, 0.29) is 48.5 Å².